The van der Waals surface area contributed by atoms with Gasteiger partial charge in [0.05, 0.1) is 17.6 Å². The van der Waals surface area contributed by atoms with Crippen molar-refractivity contribution in [3.05, 3.63) is 53.6 Å². The molecule has 0 N–H and O–H groups in total. The summed E-state index contributed by atoms with van der Waals surface area (Å²) in [5.41, 5.74) is 2.57. The van der Waals surface area contributed by atoms with Crippen molar-refractivity contribution in [1.82, 2.24) is 4.90 Å². The second-order valence-electron chi connectivity index (χ2n) is 4.98. The summed E-state index contributed by atoms with van der Waals surface area (Å²) in [5.74, 6) is 0. The summed E-state index contributed by atoms with van der Waals surface area (Å²) in [5, 5.41) is 9.41. The molecule has 0 aliphatic heterocycles. The Morgan fingerprint density at radius 1 is 1.27 bits per heavy atom. The van der Waals surface area contributed by atoms with E-state index in [1.54, 1.807) is 18.1 Å². The zero-order valence-corrected chi connectivity index (χ0v) is 13.9. The molecule has 0 spiro atoms. The van der Waals surface area contributed by atoms with Gasteiger partial charge in [0.2, 0.25) is 0 Å². The van der Waals surface area contributed by atoms with Crippen molar-refractivity contribution in [3.63, 3.8) is 0 Å². The highest BCUT2D eigenvalue weighted by Gasteiger charge is 2.08. The zero-order valence-electron chi connectivity index (χ0n) is 13.1. The van der Waals surface area contributed by atoms with Gasteiger partial charge in [-0.25, -0.2) is 4.99 Å². The molecule has 0 fully saturated rings. The first-order chi connectivity index (χ1) is 10.6. The standard InChI is InChI=1S/C18H19N3S/c1-4-21(3)13-20-17-11-15(12-19)18(10-14(17)2)22-16-8-6-5-7-9-16/h5-11,13H,4H2,1-3H3. The molecule has 2 aromatic carbocycles. The van der Waals surface area contributed by atoms with Crippen LogP contribution in [-0.4, -0.2) is 24.8 Å². The minimum Gasteiger partial charge on any atom is -0.366 e. The maximum atomic E-state index is 9.41. The molecule has 0 atom stereocenters. The molecule has 2 rings (SSSR count). The van der Waals surface area contributed by atoms with E-state index in [1.807, 2.05) is 61.3 Å². The number of rotatable bonds is 5. The molecular weight excluding hydrogens is 290 g/mol. The number of aliphatic imine (C=N–C) groups is 1. The van der Waals surface area contributed by atoms with Gasteiger partial charge in [0.15, 0.2) is 0 Å². The molecular formula is C18H19N3S. The van der Waals surface area contributed by atoms with Gasteiger partial charge in [0.1, 0.15) is 6.07 Å². The first-order valence-corrected chi connectivity index (χ1v) is 7.97. The van der Waals surface area contributed by atoms with E-state index >= 15 is 0 Å². The Bertz CT molecular complexity index is 702. The Labute approximate surface area is 136 Å². The fourth-order valence-corrected chi connectivity index (χ4v) is 2.84. The maximum Gasteiger partial charge on any atom is 0.100 e. The second-order valence-corrected chi connectivity index (χ2v) is 6.09. The van der Waals surface area contributed by atoms with Gasteiger partial charge in [-0.15, -0.1) is 0 Å². The van der Waals surface area contributed by atoms with E-state index in [0.29, 0.717) is 5.56 Å². The van der Waals surface area contributed by atoms with Crippen LogP contribution in [0.4, 0.5) is 5.69 Å². The van der Waals surface area contributed by atoms with Crippen LogP contribution < -0.4 is 0 Å². The van der Waals surface area contributed by atoms with Crippen molar-refractivity contribution < 1.29 is 0 Å². The van der Waals surface area contributed by atoms with Crippen LogP contribution in [0.1, 0.15) is 18.1 Å². The summed E-state index contributed by atoms with van der Waals surface area (Å²) in [6, 6.07) is 16.3. The second kappa shape index (κ2) is 7.67. The van der Waals surface area contributed by atoms with E-state index in [4.69, 9.17) is 0 Å². The Hall–Kier alpha value is -2.25. The summed E-state index contributed by atoms with van der Waals surface area (Å²) in [7, 11) is 1.98. The SMILES string of the molecule is CCN(C)C=Nc1cc(C#N)c(Sc2ccccc2)cc1C. The summed E-state index contributed by atoms with van der Waals surface area (Å²) < 4.78 is 0. The van der Waals surface area contributed by atoms with E-state index in [9.17, 15) is 5.26 Å². The molecule has 0 bridgehead atoms. The van der Waals surface area contributed by atoms with Gasteiger partial charge in [-0.3, -0.25) is 0 Å². The van der Waals surface area contributed by atoms with Gasteiger partial charge in [-0.2, -0.15) is 5.26 Å². The molecule has 0 aromatic heterocycles. The summed E-state index contributed by atoms with van der Waals surface area (Å²) in [6.07, 6.45) is 1.80. The average molecular weight is 309 g/mol. The van der Waals surface area contributed by atoms with Crippen molar-refractivity contribution in [2.75, 3.05) is 13.6 Å². The summed E-state index contributed by atoms with van der Waals surface area (Å²) in [6.45, 7) is 4.99. The fraction of sp³-hybridized carbons (Fsp3) is 0.222. The third kappa shape index (κ3) is 4.12. The first-order valence-electron chi connectivity index (χ1n) is 7.16. The largest absolute Gasteiger partial charge is 0.366 e. The third-order valence-electron chi connectivity index (χ3n) is 3.28. The summed E-state index contributed by atoms with van der Waals surface area (Å²) >= 11 is 1.61. The number of hydrogen-bond donors (Lipinski definition) is 0. The highest BCUT2D eigenvalue weighted by Crippen LogP contribution is 2.34. The van der Waals surface area contributed by atoms with Gasteiger partial charge >= 0.3 is 0 Å². The minimum absolute atomic E-state index is 0.658. The molecule has 3 nitrogen and oxygen atoms in total. The van der Waals surface area contributed by atoms with Crippen LogP contribution in [0.15, 0.2) is 57.2 Å². The Morgan fingerprint density at radius 3 is 2.64 bits per heavy atom. The van der Waals surface area contributed by atoms with Crippen LogP contribution in [0.25, 0.3) is 0 Å². The van der Waals surface area contributed by atoms with Crippen LogP contribution in [0.3, 0.4) is 0 Å². The normalized spacial score (nSPS) is 10.6. The van der Waals surface area contributed by atoms with Crippen molar-refractivity contribution >= 4 is 23.8 Å². The Balaban J connectivity index is 2.32. The summed E-state index contributed by atoms with van der Waals surface area (Å²) in [4.78, 5) is 8.56. The minimum atomic E-state index is 0.658. The topological polar surface area (TPSA) is 39.4 Å². The van der Waals surface area contributed by atoms with Crippen molar-refractivity contribution in [2.24, 2.45) is 4.99 Å². The number of hydrogen-bond acceptors (Lipinski definition) is 3. The fourth-order valence-electron chi connectivity index (χ4n) is 1.84. The highest BCUT2D eigenvalue weighted by atomic mass is 32.2. The predicted molar refractivity (Wildman–Crippen MR) is 92.9 cm³/mol. The predicted octanol–water partition coefficient (Wildman–Crippen LogP) is 4.63. The van der Waals surface area contributed by atoms with Crippen molar-refractivity contribution in [1.29, 1.82) is 5.26 Å². The third-order valence-corrected chi connectivity index (χ3v) is 4.35. The Kier molecular flexibility index (Phi) is 5.62. The lowest BCUT2D eigenvalue weighted by atomic mass is 10.1. The van der Waals surface area contributed by atoms with E-state index in [0.717, 1.165) is 27.6 Å². The van der Waals surface area contributed by atoms with Crippen LogP contribution in [0.5, 0.6) is 0 Å². The molecule has 0 amide bonds. The van der Waals surface area contributed by atoms with Gasteiger partial charge in [-0.1, -0.05) is 30.0 Å². The number of benzene rings is 2. The van der Waals surface area contributed by atoms with E-state index in [-0.39, 0.29) is 0 Å². The van der Waals surface area contributed by atoms with Crippen LogP contribution in [0.2, 0.25) is 0 Å². The molecule has 0 aliphatic rings. The van der Waals surface area contributed by atoms with Crippen molar-refractivity contribution in [3.8, 4) is 6.07 Å². The molecule has 0 saturated heterocycles. The van der Waals surface area contributed by atoms with Crippen LogP contribution in [-0.2, 0) is 0 Å². The number of aryl methyl sites for hydroxylation is 1. The molecule has 0 aliphatic carbocycles. The first kappa shape index (κ1) is 16.1. The van der Waals surface area contributed by atoms with E-state index in [2.05, 4.69) is 18.0 Å². The van der Waals surface area contributed by atoms with E-state index in [1.165, 1.54) is 0 Å². The molecule has 112 valence electrons. The quantitative estimate of drug-likeness (QED) is 0.597. The molecule has 0 unspecified atom stereocenters. The van der Waals surface area contributed by atoms with Crippen LogP contribution in [0, 0.1) is 18.3 Å². The molecule has 2 aromatic rings. The van der Waals surface area contributed by atoms with Gasteiger partial charge in [0.25, 0.3) is 0 Å². The number of nitrogens with zero attached hydrogens (tertiary/aromatic N) is 3. The van der Waals surface area contributed by atoms with E-state index < -0.39 is 0 Å². The monoisotopic (exact) mass is 309 g/mol. The molecule has 22 heavy (non-hydrogen) atoms. The highest BCUT2D eigenvalue weighted by molar-refractivity contribution is 7.99. The zero-order chi connectivity index (χ0) is 15.9. The lowest BCUT2D eigenvalue weighted by Crippen LogP contribution is -2.14. The lowest BCUT2D eigenvalue weighted by molar-refractivity contribution is 0.552. The van der Waals surface area contributed by atoms with Crippen LogP contribution >= 0.6 is 11.8 Å². The smallest absolute Gasteiger partial charge is 0.100 e. The Morgan fingerprint density at radius 2 is 2.00 bits per heavy atom. The molecule has 0 saturated carbocycles. The molecule has 0 radical (unpaired) electrons. The molecule has 4 heteroatoms. The average Bonchev–Trinajstić information content (AvgIpc) is 2.54. The molecule has 0 heterocycles. The van der Waals surface area contributed by atoms with Crippen molar-refractivity contribution in [2.45, 2.75) is 23.6 Å². The number of nitriles is 1. The van der Waals surface area contributed by atoms with Gasteiger partial charge < -0.3 is 4.90 Å². The van der Waals surface area contributed by atoms with Gasteiger partial charge in [-0.05, 0) is 43.7 Å². The van der Waals surface area contributed by atoms with Gasteiger partial charge in [0, 0.05) is 23.4 Å². The lowest BCUT2D eigenvalue weighted by Gasteiger charge is -2.10. The maximum absolute atomic E-state index is 9.41.